The second kappa shape index (κ2) is 6.46. The van der Waals surface area contributed by atoms with Gasteiger partial charge in [0.15, 0.2) is 0 Å². The first-order valence-corrected chi connectivity index (χ1v) is 9.14. The zero-order valence-corrected chi connectivity index (χ0v) is 14.7. The number of benzene rings is 1. The molecule has 27 heavy (non-hydrogen) atoms. The Morgan fingerprint density at radius 1 is 1.11 bits per heavy atom. The van der Waals surface area contributed by atoms with Crippen LogP contribution in [0.1, 0.15) is 40.6 Å². The number of amides is 1. The molecule has 1 amide bonds. The van der Waals surface area contributed by atoms with Crippen LogP contribution in [-0.4, -0.2) is 27.5 Å². The SMILES string of the molecule is O=C(Nc1cccc(-c2ccc3c(c2)CCO3)n1)c1ccnc(C2CC2)n1. The number of fused-ring (bicyclic) bond motifs is 1. The molecule has 5 rings (SSSR count). The molecule has 0 atom stereocenters. The Morgan fingerprint density at radius 2 is 2.04 bits per heavy atom. The summed E-state index contributed by atoms with van der Waals surface area (Å²) in [6, 6.07) is 13.3. The van der Waals surface area contributed by atoms with E-state index in [0.717, 1.165) is 48.7 Å². The second-order valence-electron chi connectivity index (χ2n) is 6.86. The van der Waals surface area contributed by atoms with E-state index in [4.69, 9.17) is 4.74 Å². The van der Waals surface area contributed by atoms with Gasteiger partial charge in [0.25, 0.3) is 5.91 Å². The third-order valence-electron chi connectivity index (χ3n) is 4.83. The standard InChI is InChI=1S/C21H18N4O2/c26-21(17-8-10-22-20(24-17)13-4-5-13)25-19-3-1-2-16(23-19)14-6-7-18-15(12-14)9-11-27-18/h1-3,6-8,10,12-13H,4-5,9,11H2,(H,23,25,26). The molecular formula is C21H18N4O2. The van der Waals surface area contributed by atoms with Gasteiger partial charge in [-0.1, -0.05) is 6.07 Å². The van der Waals surface area contributed by atoms with E-state index in [1.807, 2.05) is 24.3 Å². The fourth-order valence-electron chi connectivity index (χ4n) is 3.23. The lowest BCUT2D eigenvalue weighted by atomic mass is 10.1. The predicted molar refractivity (Wildman–Crippen MR) is 101 cm³/mol. The van der Waals surface area contributed by atoms with E-state index in [1.54, 1.807) is 18.3 Å². The summed E-state index contributed by atoms with van der Waals surface area (Å²) in [4.78, 5) is 25.8. The van der Waals surface area contributed by atoms with Crippen LogP contribution in [0.3, 0.4) is 0 Å². The van der Waals surface area contributed by atoms with Crippen molar-refractivity contribution in [2.24, 2.45) is 0 Å². The van der Waals surface area contributed by atoms with Gasteiger partial charge in [-0.25, -0.2) is 15.0 Å². The van der Waals surface area contributed by atoms with Crippen LogP contribution in [0, 0.1) is 0 Å². The van der Waals surface area contributed by atoms with Gasteiger partial charge in [0.2, 0.25) is 0 Å². The Labute approximate surface area is 156 Å². The van der Waals surface area contributed by atoms with Crippen molar-refractivity contribution in [3.63, 3.8) is 0 Å². The van der Waals surface area contributed by atoms with Crippen molar-refractivity contribution >= 4 is 11.7 Å². The van der Waals surface area contributed by atoms with Crippen LogP contribution in [0.25, 0.3) is 11.3 Å². The second-order valence-corrected chi connectivity index (χ2v) is 6.86. The van der Waals surface area contributed by atoms with Crippen LogP contribution >= 0.6 is 0 Å². The van der Waals surface area contributed by atoms with E-state index >= 15 is 0 Å². The Hall–Kier alpha value is -3.28. The zero-order valence-electron chi connectivity index (χ0n) is 14.7. The molecule has 3 heterocycles. The normalized spacial score (nSPS) is 15.1. The van der Waals surface area contributed by atoms with E-state index < -0.39 is 0 Å². The molecule has 1 aliphatic heterocycles. The molecule has 6 heteroatoms. The van der Waals surface area contributed by atoms with Crippen molar-refractivity contribution < 1.29 is 9.53 Å². The summed E-state index contributed by atoms with van der Waals surface area (Å²) >= 11 is 0. The first-order valence-electron chi connectivity index (χ1n) is 9.14. The van der Waals surface area contributed by atoms with Gasteiger partial charge < -0.3 is 10.1 Å². The Morgan fingerprint density at radius 3 is 2.93 bits per heavy atom. The van der Waals surface area contributed by atoms with E-state index in [9.17, 15) is 4.79 Å². The fourth-order valence-corrected chi connectivity index (χ4v) is 3.23. The van der Waals surface area contributed by atoms with Crippen LogP contribution in [0.5, 0.6) is 5.75 Å². The molecule has 1 saturated carbocycles. The highest BCUT2D eigenvalue weighted by Crippen LogP contribution is 2.37. The van der Waals surface area contributed by atoms with Gasteiger partial charge in [0.1, 0.15) is 23.1 Å². The number of hydrogen-bond acceptors (Lipinski definition) is 5. The lowest BCUT2D eigenvalue weighted by Gasteiger charge is -2.08. The molecule has 1 aliphatic carbocycles. The van der Waals surface area contributed by atoms with Gasteiger partial charge >= 0.3 is 0 Å². The minimum absolute atomic E-state index is 0.272. The lowest BCUT2D eigenvalue weighted by molar-refractivity contribution is 0.102. The Kier molecular flexibility index (Phi) is 3.81. The average molecular weight is 358 g/mol. The molecule has 134 valence electrons. The number of aromatic nitrogens is 3. The topological polar surface area (TPSA) is 77.0 Å². The maximum atomic E-state index is 12.6. The Bertz CT molecular complexity index is 1030. The van der Waals surface area contributed by atoms with E-state index in [2.05, 4.69) is 26.3 Å². The van der Waals surface area contributed by atoms with E-state index in [1.165, 1.54) is 5.56 Å². The number of ether oxygens (including phenoxy) is 1. The summed E-state index contributed by atoms with van der Waals surface area (Å²) in [5.74, 6) is 2.33. The highest BCUT2D eigenvalue weighted by Gasteiger charge is 2.27. The highest BCUT2D eigenvalue weighted by molar-refractivity contribution is 6.02. The van der Waals surface area contributed by atoms with Crippen LogP contribution in [0.15, 0.2) is 48.7 Å². The fraction of sp³-hybridized carbons (Fsp3) is 0.238. The predicted octanol–water partition coefficient (Wildman–Crippen LogP) is 3.60. The van der Waals surface area contributed by atoms with Crippen LogP contribution in [0.4, 0.5) is 5.82 Å². The van der Waals surface area contributed by atoms with Crippen molar-refractivity contribution in [2.75, 3.05) is 11.9 Å². The number of hydrogen-bond donors (Lipinski definition) is 1. The van der Waals surface area contributed by atoms with Crippen LogP contribution in [0.2, 0.25) is 0 Å². The third-order valence-corrected chi connectivity index (χ3v) is 4.83. The zero-order chi connectivity index (χ0) is 18.2. The summed E-state index contributed by atoms with van der Waals surface area (Å²) in [7, 11) is 0. The molecule has 3 aromatic rings. The smallest absolute Gasteiger partial charge is 0.275 e. The third kappa shape index (κ3) is 3.26. The number of carbonyl (C=O) groups excluding carboxylic acids is 1. The molecule has 0 saturated heterocycles. The molecule has 0 unspecified atom stereocenters. The first kappa shape index (κ1) is 15.9. The first-order chi connectivity index (χ1) is 13.3. The largest absolute Gasteiger partial charge is 0.493 e. The monoisotopic (exact) mass is 358 g/mol. The van der Waals surface area contributed by atoms with Gasteiger partial charge in [-0.05, 0) is 54.8 Å². The minimum Gasteiger partial charge on any atom is -0.493 e. The molecule has 0 bridgehead atoms. The van der Waals surface area contributed by atoms with E-state index in [-0.39, 0.29) is 5.91 Å². The Balaban J connectivity index is 1.37. The van der Waals surface area contributed by atoms with Gasteiger partial charge in [-0.3, -0.25) is 4.79 Å². The molecule has 1 fully saturated rings. The van der Waals surface area contributed by atoms with Gasteiger partial charge in [0, 0.05) is 24.1 Å². The molecule has 2 aliphatic rings. The molecule has 1 aromatic carbocycles. The summed E-state index contributed by atoms with van der Waals surface area (Å²) in [5, 5.41) is 2.84. The maximum absolute atomic E-state index is 12.6. The summed E-state index contributed by atoms with van der Waals surface area (Å²) in [6.07, 6.45) is 4.75. The maximum Gasteiger partial charge on any atom is 0.275 e. The van der Waals surface area contributed by atoms with Crippen molar-refractivity contribution in [3.8, 4) is 17.0 Å². The minimum atomic E-state index is -0.272. The van der Waals surface area contributed by atoms with Gasteiger partial charge in [-0.2, -0.15) is 0 Å². The van der Waals surface area contributed by atoms with Gasteiger partial charge in [-0.15, -0.1) is 0 Å². The number of anilines is 1. The van der Waals surface area contributed by atoms with Crippen molar-refractivity contribution in [1.29, 1.82) is 0 Å². The molecular weight excluding hydrogens is 340 g/mol. The lowest BCUT2D eigenvalue weighted by Crippen LogP contribution is -2.15. The number of nitrogens with zero attached hydrogens (tertiary/aromatic N) is 3. The number of carbonyl (C=O) groups is 1. The quantitative estimate of drug-likeness (QED) is 0.771. The highest BCUT2D eigenvalue weighted by atomic mass is 16.5. The van der Waals surface area contributed by atoms with Crippen LogP contribution in [-0.2, 0) is 6.42 Å². The van der Waals surface area contributed by atoms with Crippen molar-refractivity contribution in [2.45, 2.75) is 25.2 Å². The summed E-state index contributed by atoms with van der Waals surface area (Å²) in [5.41, 5.74) is 3.38. The number of rotatable bonds is 4. The molecule has 1 N–H and O–H groups in total. The molecule has 2 aromatic heterocycles. The number of pyridine rings is 1. The summed E-state index contributed by atoms with van der Waals surface area (Å²) in [6.45, 7) is 0.726. The van der Waals surface area contributed by atoms with Gasteiger partial charge in [0.05, 0.1) is 12.3 Å². The molecule has 6 nitrogen and oxygen atoms in total. The van der Waals surface area contributed by atoms with Crippen molar-refractivity contribution in [3.05, 3.63) is 65.7 Å². The molecule has 0 radical (unpaired) electrons. The van der Waals surface area contributed by atoms with Crippen molar-refractivity contribution in [1.82, 2.24) is 15.0 Å². The van der Waals surface area contributed by atoms with Crippen LogP contribution < -0.4 is 10.1 Å². The molecule has 0 spiro atoms. The average Bonchev–Trinajstić information content (AvgIpc) is 3.45. The summed E-state index contributed by atoms with van der Waals surface area (Å²) < 4.78 is 5.56. The van der Waals surface area contributed by atoms with E-state index in [0.29, 0.717) is 17.4 Å². The number of nitrogens with one attached hydrogen (secondary N) is 1.